The van der Waals surface area contributed by atoms with Crippen molar-refractivity contribution in [2.75, 3.05) is 7.04 Å². The molecule has 1 amide bonds. The Hall–Kier alpha value is -3.97. The molecule has 3 atom stereocenters. The molecule has 4 rings (SSSR count). The molecule has 44 heavy (non-hydrogen) atoms. The Morgan fingerprint density at radius 2 is 1.55 bits per heavy atom. The van der Waals surface area contributed by atoms with Gasteiger partial charge in [-0.25, -0.2) is 9.18 Å². The van der Waals surface area contributed by atoms with Gasteiger partial charge in [0.2, 0.25) is 0 Å². The number of hydrogen-bond acceptors (Lipinski definition) is 3. The summed E-state index contributed by atoms with van der Waals surface area (Å²) in [6.45, 7) is -5.21. The molecule has 1 saturated heterocycles. The number of alkyl halides is 9. The van der Waals surface area contributed by atoms with E-state index in [1.165, 1.54) is 0 Å². The molecule has 1 fully saturated rings. The van der Waals surface area contributed by atoms with Gasteiger partial charge in [0.15, 0.2) is 0 Å². The lowest BCUT2D eigenvalue weighted by Gasteiger charge is -2.24. The van der Waals surface area contributed by atoms with Gasteiger partial charge in [-0.15, -0.1) is 0 Å². The Morgan fingerprint density at radius 1 is 0.932 bits per heavy atom. The van der Waals surface area contributed by atoms with E-state index in [0.717, 1.165) is 13.8 Å². The number of ether oxygens (including phenoxy) is 2. The number of carbonyl (C=O) groups excluding carboxylic acids is 1. The fourth-order valence-corrected chi connectivity index (χ4v) is 4.52. The first kappa shape index (κ1) is 22.5. The number of benzene rings is 3. The molecule has 0 aliphatic carbocycles. The number of methoxy groups -OCH3 is 1. The molecule has 1 heterocycles. The summed E-state index contributed by atoms with van der Waals surface area (Å²) in [7, 11) is -3.41. The fourth-order valence-electron chi connectivity index (χ4n) is 4.52. The van der Waals surface area contributed by atoms with Crippen LogP contribution in [0.1, 0.15) is 78.4 Å². The third-order valence-electron chi connectivity index (χ3n) is 6.67. The van der Waals surface area contributed by atoms with E-state index in [9.17, 15) is 44.3 Å². The minimum atomic E-state index is -5.35. The SMILES string of the molecule is [2H]C([2H])([2H])Oc1cc(F)c(C([2H])(C)C([2H])([2H])[2H])cc1-c1ccc(C(F)(F)F)cc1C([2H])([2H])N1C(=O)O[C@H](c2cc(C(F)(F)F)cc(C(F)(F)F)c2)[C@@H]1C. The molecule has 0 spiro atoms. The Labute approximate surface area is 257 Å². The Bertz CT molecular complexity index is 1870. The van der Waals surface area contributed by atoms with Crippen molar-refractivity contribution in [3.8, 4) is 16.9 Å². The zero-order chi connectivity index (χ0) is 40.7. The van der Waals surface area contributed by atoms with E-state index in [4.69, 9.17) is 21.8 Å². The fraction of sp³-hybridized carbons (Fsp3) is 0.367. The van der Waals surface area contributed by atoms with E-state index >= 15 is 4.39 Å². The van der Waals surface area contributed by atoms with Gasteiger partial charge < -0.3 is 9.47 Å². The summed E-state index contributed by atoms with van der Waals surface area (Å²) >= 11 is 0. The predicted molar refractivity (Wildman–Crippen MR) is 138 cm³/mol. The van der Waals surface area contributed by atoms with Crippen LogP contribution in [0.4, 0.5) is 48.7 Å². The average molecular weight is 647 g/mol. The first-order valence-electron chi connectivity index (χ1n) is 16.7. The van der Waals surface area contributed by atoms with Gasteiger partial charge in [0.05, 0.1) is 43.1 Å². The molecular formula is C30H25F10NO3. The molecule has 0 saturated carbocycles. The van der Waals surface area contributed by atoms with Gasteiger partial charge in [-0.1, -0.05) is 19.8 Å². The van der Waals surface area contributed by atoms with Crippen LogP contribution in [0.3, 0.4) is 0 Å². The Balaban J connectivity index is 2.01. The highest BCUT2D eigenvalue weighted by molar-refractivity contribution is 5.76. The number of rotatable bonds is 6. The summed E-state index contributed by atoms with van der Waals surface area (Å²) < 4.78 is 221. The summed E-state index contributed by atoms with van der Waals surface area (Å²) in [4.78, 5) is 13.3. The van der Waals surface area contributed by atoms with Gasteiger partial charge >= 0.3 is 24.6 Å². The first-order valence-corrected chi connectivity index (χ1v) is 12.2. The van der Waals surface area contributed by atoms with Crippen molar-refractivity contribution in [3.05, 3.63) is 87.7 Å². The minimum absolute atomic E-state index is 0.0793. The van der Waals surface area contributed by atoms with Gasteiger partial charge in [-0.2, -0.15) is 39.5 Å². The van der Waals surface area contributed by atoms with Crippen molar-refractivity contribution in [2.45, 2.75) is 63.8 Å². The van der Waals surface area contributed by atoms with Crippen molar-refractivity contribution in [1.82, 2.24) is 4.90 Å². The van der Waals surface area contributed by atoms with Crippen LogP contribution in [0.25, 0.3) is 11.1 Å². The lowest BCUT2D eigenvalue weighted by atomic mass is 9.91. The summed E-state index contributed by atoms with van der Waals surface area (Å²) in [5, 5.41) is 0. The van der Waals surface area contributed by atoms with E-state index in [0.29, 0.717) is 24.3 Å². The number of halogens is 10. The van der Waals surface area contributed by atoms with E-state index in [2.05, 4.69) is 0 Å². The van der Waals surface area contributed by atoms with Gasteiger partial charge in [0.25, 0.3) is 0 Å². The Morgan fingerprint density at radius 3 is 2.09 bits per heavy atom. The summed E-state index contributed by atoms with van der Waals surface area (Å²) in [5.74, 6) is -5.35. The molecular weight excluding hydrogens is 612 g/mol. The van der Waals surface area contributed by atoms with Crippen LogP contribution in [0.2, 0.25) is 0 Å². The van der Waals surface area contributed by atoms with E-state index < -0.39 is 119 Å². The topological polar surface area (TPSA) is 38.8 Å². The van der Waals surface area contributed by atoms with Crippen LogP contribution in [0.15, 0.2) is 48.5 Å². The maximum Gasteiger partial charge on any atom is 0.416 e. The molecule has 0 aromatic heterocycles. The molecule has 1 aliphatic rings. The van der Waals surface area contributed by atoms with Crippen molar-refractivity contribution < 1.29 is 70.5 Å². The lowest BCUT2D eigenvalue weighted by Crippen LogP contribution is -2.32. The molecule has 14 heteroatoms. The normalized spacial score (nSPS) is 23.0. The highest BCUT2D eigenvalue weighted by Crippen LogP contribution is 2.43. The molecule has 1 aliphatic heterocycles. The molecule has 0 N–H and O–H groups in total. The molecule has 4 nitrogen and oxygen atoms in total. The van der Waals surface area contributed by atoms with E-state index in [1.54, 1.807) is 0 Å². The molecule has 3 aromatic rings. The van der Waals surface area contributed by atoms with Gasteiger partial charge in [-0.3, -0.25) is 4.90 Å². The van der Waals surface area contributed by atoms with Crippen LogP contribution < -0.4 is 4.74 Å². The minimum Gasteiger partial charge on any atom is -0.496 e. The highest BCUT2D eigenvalue weighted by Gasteiger charge is 2.44. The van der Waals surface area contributed by atoms with Crippen LogP contribution in [0, 0.1) is 5.82 Å². The van der Waals surface area contributed by atoms with Crippen molar-refractivity contribution >= 4 is 6.09 Å². The van der Waals surface area contributed by atoms with Gasteiger partial charge in [0, 0.05) is 17.1 Å². The van der Waals surface area contributed by atoms with Crippen molar-refractivity contribution in [2.24, 2.45) is 0 Å². The number of amides is 1. The Kier molecular flexibility index (Phi) is 5.89. The quantitative estimate of drug-likeness (QED) is 0.251. The van der Waals surface area contributed by atoms with Crippen LogP contribution in [-0.4, -0.2) is 24.1 Å². The van der Waals surface area contributed by atoms with Gasteiger partial charge in [-0.05, 0) is 71.5 Å². The zero-order valence-electron chi connectivity index (χ0n) is 31.2. The number of cyclic esters (lactones) is 1. The monoisotopic (exact) mass is 646 g/mol. The molecule has 0 bridgehead atoms. The van der Waals surface area contributed by atoms with Gasteiger partial charge in [0.1, 0.15) is 17.7 Å². The first-order chi connectivity index (χ1) is 23.7. The second kappa shape index (κ2) is 11.5. The largest absolute Gasteiger partial charge is 0.496 e. The maximum atomic E-state index is 15.4. The molecule has 238 valence electrons. The summed E-state index contributed by atoms with van der Waals surface area (Å²) in [6.07, 6.45) is -19.8. The standard InChI is InChI=1S/C30H25F10NO3/c1-14(2)22-11-23(25(43-4)12-24(22)31)21-6-5-18(28(32,33)34)9-17(21)13-41-15(3)26(44-27(41)42)16-7-19(29(35,36)37)10-20(8-16)30(38,39)40/h5-12,14-15,26H,13H2,1-4H3/t15-,26-/m0/s1/i1D3,4D3,13D2,14D/t14?,15-,26-. The second-order valence-electron chi connectivity index (χ2n) is 9.68. The third kappa shape index (κ3) is 6.58. The molecule has 1 unspecified atom stereocenters. The number of nitrogens with zero attached hydrogens (tertiary/aromatic N) is 1. The lowest BCUT2D eigenvalue weighted by molar-refractivity contribution is -0.143. The average Bonchev–Trinajstić information content (AvgIpc) is 3.28. The summed E-state index contributed by atoms with van der Waals surface area (Å²) in [5.41, 5.74) is -9.85. The molecule has 3 aromatic carbocycles. The molecule has 0 radical (unpaired) electrons. The third-order valence-corrected chi connectivity index (χ3v) is 6.67. The summed E-state index contributed by atoms with van der Waals surface area (Å²) in [6, 6.07) is 0.215. The predicted octanol–water partition coefficient (Wildman–Crippen LogP) is 9.76. The van der Waals surface area contributed by atoms with Crippen molar-refractivity contribution in [1.29, 1.82) is 0 Å². The maximum absolute atomic E-state index is 15.4. The van der Waals surface area contributed by atoms with Crippen LogP contribution >= 0.6 is 0 Å². The van der Waals surface area contributed by atoms with Crippen LogP contribution in [-0.2, 0) is 29.8 Å². The number of carbonyl (C=O) groups is 1. The second-order valence-corrected chi connectivity index (χ2v) is 9.68. The zero-order valence-corrected chi connectivity index (χ0v) is 22.2. The van der Waals surface area contributed by atoms with E-state index in [-0.39, 0.29) is 29.2 Å². The highest BCUT2D eigenvalue weighted by atomic mass is 19.4. The number of hydrogen-bond donors (Lipinski definition) is 0. The smallest absolute Gasteiger partial charge is 0.416 e. The van der Waals surface area contributed by atoms with Crippen LogP contribution in [0.5, 0.6) is 5.75 Å². The van der Waals surface area contributed by atoms with E-state index in [1.807, 2.05) is 0 Å². The van der Waals surface area contributed by atoms with Crippen molar-refractivity contribution in [3.63, 3.8) is 0 Å².